The van der Waals surface area contributed by atoms with Crippen LogP contribution < -0.4 is 16.6 Å². The van der Waals surface area contributed by atoms with Crippen molar-refractivity contribution in [1.29, 1.82) is 0 Å². The average molecular weight is 544 g/mol. The second kappa shape index (κ2) is 10.8. The lowest BCUT2D eigenvalue weighted by atomic mass is 10.0. The van der Waals surface area contributed by atoms with E-state index in [1.807, 2.05) is 6.07 Å². The van der Waals surface area contributed by atoms with Crippen LogP contribution in [0.25, 0.3) is 22.5 Å². The average Bonchev–Trinajstić information content (AvgIpc) is 3.31. The summed E-state index contributed by atoms with van der Waals surface area (Å²) in [7, 11) is -1.21. The highest BCUT2D eigenvalue weighted by Gasteiger charge is 2.34. The van der Waals surface area contributed by atoms with Gasteiger partial charge in [-0.15, -0.1) is 0 Å². The van der Waals surface area contributed by atoms with Gasteiger partial charge in [0.15, 0.2) is 5.69 Å². The molecule has 0 aliphatic heterocycles. The third kappa shape index (κ3) is 5.48. The molecule has 4 rings (SSSR count). The molecule has 1 aromatic heterocycles. The number of benzene rings is 3. The standard InChI is InChI=1S/C27H25F4N5OS/c1-17-34-26(27(29,30)31)16-35(17)23-11-10-21(20-4-3-5-22(12-20)38(2)37)13-24(23)36(33)25(15-32)19-8-6-18(14-28)7-9-19/h3-13,15-16H,14,32-33H2,1-2H3/b25-15-. The number of imidazole rings is 1. The van der Waals surface area contributed by atoms with Gasteiger partial charge in [-0.2, -0.15) is 13.2 Å². The number of halogens is 4. The number of hydrogen-bond acceptors (Lipinski definition) is 5. The van der Waals surface area contributed by atoms with Crippen molar-refractivity contribution in [3.63, 3.8) is 0 Å². The summed E-state index contributed by atoms with van der Waals surface area (Å²) in [6.07, 6.45) is -0.884. The van der Waals surface area contributed by atoms with E-state index in [0.717, 1.165) is 11.8 Å². The van der Waals surface area contributed by atoms with Gasteiger partial charge in [-0.25, -0.2) is 15.2 Å². The van der Waals surface area contributed by atoms with Gasteiger partial charge in [0.2, 0.25) is 0 Å². The molecule has 6 nitrogen and oxygen atoms in total. The molecule has 0 spiro atoms. The fraction of sp³-hybridized carbons (Fsp3) is 0.148. The minimum Gasteiger partial charge on any atom is -0.403 e. The molecular weight excluding hydrogens is 518 g/mol. The molecule has 0 saturated heterocycles. The molecule has 4 N–H and O–H groups in total. The first-order chi connectivity index (χ1) is 18.0. The molecule has 0 radical (unpaired) electrons. The normalized spacial score (nSPS) is 13.0. The van der Waals surface area contributed by atoms with E-state index >= 15 is 0 Å². The summed E-state index contributed by atoms with van der Waals surface area (Å²) in [6.45, 7) is 0.826. The third-order valence-electron chi connectivity index (χ3n) is 5.99. The number of anilines is 1. The second-order valence-corrected chi connectivity index (χ2v) is 9.86. The van der Waals surface area contributed by atoms with Crippen LogP contribution >= 0.6 is 0 Å². The van der Waals surface area contributed by atoms with Crippen LogP contribution in [-0.2, 0) is 23.7 Å². The number of alkyl halides is 4. The van der Waals surface area contributed by atoms with Gasteiger partial charge in [-0.05, 0) is 47.9 Å². The predicted molar refractivity (Wildman–Crippen MR) is 141 cm³/mol. The van der Waals surface area contributed by atoms with E-state index in [1.54, 1.807) is 66.9 Å². The van der Waals surface area contributed by atoms with Crippen molar-refractivity contribution in [1.82, 2.24) is 9.55 Å². The van der Waals surface area contributed by atoms with Crippen molar-refractivity contribution in [2.45, 2.75) is 24.7 Å². The number of hydrogen-bond donors (Lipinski definition) is 2. The van der Waals surface area contributed by atoms with E-state index in [4.69, 9.17) is 11.6 Å². The Morgan fingerprint density at radius 1 is 1.08 bits per heavy atom. The minimum atomic E-state index is -4.63. The quantitative estimate of drug-likeness (QED) is 0.177. The van der Waals surface area contributed by atoms with Crippen molar-refractivity contribution in [3.05, 3.63) is 102 Å². The Kier molecular flexibility index (Phi) is 7.70. The number of aryl methyl sites for hydroxylation is 1. The monoisotopic (exact) mass is 543 g/mol. The molecule has 0 bridgehead atoms. The summed E-state index contributed by atoms with van der Waals surface area (Å²) < 4.78 is 66.6. The first-order valence-electron chi connectivity index (χ1n) is 11.4. The van der Waals surface area contributed by atoms with Gasteiger partial charge in [0.25, 0.3) is 0 Å². The first-order valence-corrected chi connectivity index (χ1v) is 12.9. The number of hydrazine groups is 1. The fourth-order valence-electron chi connectivity index (χ4n) is 4.02. The highest BCUT2D eigenvalue weighted by atomic mass is 32.2. The lowest BCUT2D eigenvalue weighted by Crippen LogP contribution is -2.31. The summed E-state index contributed by atoms with van der Waals surface area (Å²) in [4.78, 5) is 4.30. The number of nitrogens with zero attached hydrogens (tertiary/aromatic N) is 3. The van der Waals surface area contributed by atoms with Gasteiger partial charge in [0.05, 0.1) is 17.1 Å². The van der Waals surface area contributed by atoms with Crippen molar-refractivity contribution in [2.24, 2.45) is 11.6 Å². The molecule has 1 heterocycles. The molecule has 11 heteroatoms. The summed E-state index contributed by atoms with van der Waals surface area (Å²) in [5.74, 6) is 6.67. The number of nitrogens with two attached hydrogens (primary N) is 2. The van der Waals surface area contributed by atoms with Crippen LogP contribution in [0, 0.1) is 6.92 Å². The van der Waals surface area contributed by atoms with Gasteiger partial charge >= 0.3 is 6.18 Å². The summed E-state index contributed by atoms with van der Waals surface area (Å²) in [6, 6.07) is 18.7. The highest BCUT2D eigenvalue weighted by molar-refractivity contribution is 7.84. The molecule has 4 aromatic rings. The molecule has 198 valence electrons. The van der Waals surface area contributed by atoms with Gasteiger partial charge in [0, 0.05) is 39.9 Å². The van der Waals surface area contributed by atoms with Gasteiger partial charge in [-0.1, -0.05) is 42.5 Å². The van der Waals surface area contributed by atoms with Crippen molar-refractivity contribution < 1.29 is 21.8 Å². The lowest BCUT2D eigenvalue weighted by molar-refractivity contribution is -0.141. The van der Waals surface area contributed by atoms with Crippen molar-refractivity contribution >= 4 is 22.2 Å². The molecular formula is C27H25F4N5OS. The van der Waals surface area contributed by atoms with E-state index in [-0.39, 0.29) is 5.82 Å². The van der Waals surface area contributed by atoms with Crippen LogP contribution in [0.15, 0.2) is 84.0 Å². The van der Waals surface area contributed by atoms with Crippen LogP contribution in [0.5, 0.6) is 0 Å². The van der Waals surface area contributed by atoms with Crippen molar-refractivity contribution in [2.75, 3.05) is 11.3 Å². The summed E-state index contributed by atoms with van der Waals surface area (Å²) in [5.41, 5.74) is 8.36. The van der Waals surface area contributed by atoms with Crippen molar-refractivity contribution in [3.8, 4) is 16.8 Å². The Labute approximate surface area is 219 Å². The molecule has 0 aliphatic carbocycles. The van der Waals surface area contributed by atoms with E-state index in [2.05, 4.69) is 4.98 Å². The molecule has 0 aliphatic rings. The highest BCUT2D eigenvalue weighted by Crippen LogP contribution is 2.36. The Balaban J connectivity index is 1.90. The van der Waals surface area contributed by atoms with Gasteiger partial charge in [0.1, 0.15) is 12.5 Å². The Morgan fingerprint density at radius 3 is 2.34 bits per heavy atom. The van der Waals surface area contributed by atoms with E-state index in [1.165, 1.54) is 22.7 Å². The molecule has 38 heavy (non-hydrogen) atoms. The maximum absolute atomic E-state index is 13.4. The molecule has 1 atom stereocenters. The van der Waals surface area contributed by atoms with E-state index in [9.17, 15) is 21.8 Å². The lowest BCUT2D eigenvalue weighted by Gasteiger charge is -2.26. The molecule has 0 saturated carbocycles. The largest absolute Gasteiger partial charge is 0.434 e. The van der Waals surface area contributed by atoms with Crippen LogP contribution in [0.4, 0.5) is 23.2 Å². The Morgan fingerprint density at radius 2 is 1.76 bits per heavy atom. The SMILES string of the molecule is Cc1nc(C(F)(F)F)cn1-c1ccc(-c2cccc(S(C)=O)c2)cc1N(N)/C(=C\N)c1ccc(CF)cc1. The van der Waals surface area contributed by atoms with Gasteiger partial charge < -0.3 is 10.3 Å². The van der Waals surface area contributed by atoms with Crippen LogP contribution in [0.1, 0.15) is 22.6 Å². The molecule has 3 aromatic carbocycles. The summed E-state index contributed by atoms with van der Waals surface area (Å²) >= 11 is 0. The van der Waals surface area contributed by atoms with Gasteiger partial charge in [-0.3, -0.25) is 9.22 Å². The third-order valence-corrected chi connectivity index (χ3v) is 6.91. The summed E-state index contributed by atoms with van der Waals surface area (Å²) in [5, 5.41) is 1.26. The van der Waals surface area contributed by atoms with Crippen LogP contribution in [0.2, 0.25) is 0 Å². The van der Waals surface area contributed by atoms with E-state index < -0.39 is 29.3 Å². The maximum atomic E-state index is 13.4. The Hall–Kier alpha value is -3.96. The van der Waals surface area contributed by atoms with Crippen LogP contribution in [0.3, 0.4) is 0 Å². The van der Waals surface area contributed by atoms with Crippen LogP contribution in [-0.4, -0.2) is 20.0 Å². The molecule has 1 unspecified atom stereocenters. The smallest absolute Gasteiger partial charge is 0.403 e. The number of aromatic nitrogens is 2. The van der Waals surface area contributed by atoms with E-state index in [0.29, 0.717) is 38.7 Å². The maximum Gasteiger partial charge on any atom is 0.434 e. The fourth-order valence-corrected chi connectivity index (χ4v) is 4.58. The Bertz CT molecular complexity index is 1510. The first kappa shape index (κ1) is 27.1. The topological polar surface area (TPSA) is 90.2 Å². The molecule has 0 fully saturated rings. The minimum absolute atomic E-state index is 0.105. The predicted octanol–water partition coefficient (Wildman–Crippen LogP) is 5.71. The number of rotatable bonds is 7. The molecule has 0 amide bonds. The zero-order valence-corrected chi connectivity index (χ0v) is 21.4. The second-order valence-electron chi connectivity index (χ2n) is 8.48. The zero-order chi connectivity index (χ0) is 27.6. The zero-order valence-electron chi connectivity index (χ0n) is 20.5.